The topological polar surface area (TPSA) is 70.2 Å². The molecule has 3 N–H and O–H groups in total. The Bertz CT molecular complexity index is 406. The molecule has 5 nitrogen and oxygen atoms in total. The van der Waals surface area contributed by atoms with E-state index >= 15 is 0 Å². The van der Waals surface area contributed by atoms with Crippen LogP contribution >= 0.6 is 0 Å². The Morgan fingerprint density at radius 2 is 1.89 bits per heavy atom. The van der Waals surface area contributed by atoms with E-state index < -0.39 is 6.04 Å². The molecular weight excluding hydrogens is 242 g/mol. The standard InChI is InChI=1S/C14H21N3O2/c1-11(16-13(18)9-6-10-15-2)14(19)17-12-7-4-3-5-8-12/h3-5,7-8,11,15H,6,9-10H2,1-2H3,(H,16,18)(H,17,19). The van der Waals surface area contributed by atoms with Crippen molar-refractivity contribution < 1.29 is 9.59 Å². The largest absolute Gasteiger partial charge is 0.345 e. The second-order valence-corrected chi connectivity index (χ2v) is 4.35. The fourth-order valence-corrected chi connectivity index (χ4v) is 1.58. The van der Waals surface area contributed by atoms with Crippen LogP contribution in [0, 0.1) is 0 Å². The summed E-state index contributed by atoms with van der Waals surface area (Å²) in [5.41, 5.74) is 0.726. The fourth-order valence-electron chi connectivity index (χ4n) is 1.58. The minimum absolute atomic E-state index is 0.106. The fraction of sp³-hybridized carbons (Fsp3) is 0.429. The SMILES string of the molecule is CNCCCC(=O)NC(C)C(=O)Nc1ccccc1. The summed E-state index contributed by atoms with van der Waals surface area (Å²) in [4.78, 5) is 23.4. The highest BCUT2D eigenvalue weighted by molar-refractivity contribution is 5.96. The molecule has 0 saturated carbocycles. The van der Waals surface area contributed by atoms with Crippen molar-refractivity contribution in [3.63, 3.8) is 0 Å². The summed E-state index contributed by atoms with van der Waals surface area (Å²) >= 11 is 0. The van der Waals surface area contributed by atoms with Gasteiger partial charge in [0.2, 0.25) is 11.8 Å². The second-order valence-electron chi connectivity index (χ2n) is 4.35. The molecule has 0 bridgehead atoms. The van der Waals surface area contributed by atoms with E-state index in [2.05, 4.69) is 16.0 Å². The molecule has 0 fully saturated rings. The molecule has 0 radical (unpaired) electrons. The molecule has 104 valence electrons. The van der Waals surface area contributed by atoms with Gasteiger partial charge < -0.3 is 16.0 Å². The van der Waals surface area contributed by atoms with Gasteiger partial charge in [-0.05, 0) is 39.1 Å². The molecule has 0 heterocycles. The van der Waals surface area contributed by atoms with E-state index in [1.807, 2.05) is 25.2 Å². The summed E-state index contributed by atoms with van der Waals surface area (Å²) < 4.78 is 0. The predicted octanol–water partition coefficient (Wildman–Crippen LogP) is 1.13. The van der Waals surface area contributed by atoms with Crippen LogP contribution in [-0.4, -0.2) is 31.4 Å². The minimum atomic E-state index is -0.540. The van der Waals surface area contributed by atoms with Crippen molar-refractivity contribution in [2.24, 2.45) is 0 Å². The number of carbonyl (C=O) groups excluding carboxylic acids is 2. The Morgan fingerprint density at radius 1 is 1.21 bits per heavy atom. The molecule has 1 unspecified atom stereocenters. The molecule has 1 aromatic carbocycles. The van der Waals surface area contributed by atoms with Gasteiger partial charge in [-0.2, -0.15) is 0 Å². The summed E-state index contributed by atoms with van der Waals surface area (Å²) in [5, 5.41) is 8.40. The van der Waals surface area contributed by atoms with E-state index in [1.165, 1.54) is 0 Å². The highest BCUT2D eigenvalue weighted by Crippen LogP contribution is 2.05. The van der Waals surface area contributed by atoms with Gasteiger partial charge in [0.05, 0.1) is 0 Å². The van der Waals surface area contributed by atoms with Crippen molar-refractivity contribution in [2.75, 3.05) is 18.9 Å². The summed E-state index contributed by atoms with van der Waals surface area (Å²) in [7, 11) is 1.84. The number of nitrogens with one attached hydrogen (secondary N) is 3. The van der Waals surface area contributed by atoms with E-state index in [9.17, 15) is 9.59 Å². The van der Waals surface area contributed by atoms with Crippen molar-refractivity contribution in [2.45, 2.75) is 25.8 Å². The molecule has 0 saturated heterocycles. The Labute approximate surface area is 113 Å². The number of hydrogen-bond acceptors (Lipinski definition) is 3. The Hall–Kier alpha value is -1.88. The van der Waals surface area contributed by atoms with Gasteiger partial charge in [-0.1, -0.05) is 18.2 Å². The van der Waals surface area contributed by atoms with Crippen LogP contribution < -0.4 is 16.0 Å². The van der Waals surface area contributed by atoms with Crippen molar-refractivity contribution >= 4 is 17.5 Å². The predicted molar refractivity (Wildman–Crippen MR) is 75.8 cm³/mol. The van der Waals surface area contributed by atoms with E-state index in [0.717, 1.165) is 18.7 Å². The van der Waals surface area contributed by atoms with E-state index in [0.29, 0.717) is 6.42 Å². The number of anilines is 1. The second kappa shape index (κ2) is 8.26. The number of hydrogen-bond donors (Lipinski definition) is 3. The number of carbonyl (C=O) groups is 2. The third-order valence-corrected chi connectivity index (χ3v) is 2.64. The number of rotatable bonds is 7. The van der Waals surface area contributed by atoms with Crippen LogP contribution in [0.15, 0.2) is 30.3 Å². The maximum absolute atomic E-state index is 11.8. The summed E-state index contributed by atoms with van der Waals surface area (Å²) in [5.74, 6) is -0.320. The highest BCUT2D eigenvalue weighted by Gasteiger charge is 2.15. The third-order valence-electron chi connectivity index (χ3n) is 2.64. The van der Waals surface area contributed by atoms with Gasteiger partial charge in [-0.15, -0.1) is 0 Å². The van der Waals surface area contributed by atoms with Crippen LogP contribution in [0.4, 0.5) is 5.69 Å². The molecule has 0 spiro atoms. The summed E-state index contributed by atoms with van der Waals surface area (Å²) in [6.45, 7) is 2.46. The van der Waals surface area contributed by atoms with Crippen LogP contribution in [0.5, 0.6) is 0 Å². The first-order chi connectivity index (χ1) is 9.13. The zero-order valence-corrected chi connectivity index (χ0v) is 11.4. The third kappa shape index (κ3) is 6.01. The summed E-state index contributed by atoms with van der Waals surface area (Å²) in [6.07, 6.45) is 1.18. The zero-order valence-electron chi connectivity index (χ0n) is 11.4. The zero-order chi connectivity index (χ0) is 14.1. The van der Waals surface area contributed by atoms with Gasteiger partial charge in [0, 0.05) is 12.1 Å². The van der Waals surface area contributed by atoms with Gasteiger partial charge >= 0.3 is 0 Å². The molecule has 5 heteroatoms. The van der Waals surface area contributed by atoms with Crippen LogP contribution in [0.2, 0.25) is 0 Å². The first-order valence-electron chi connectivity index (χ1n) is 6.43. The summed E-state index contributed by atoms with van der Waals surface area (Å²) in [6, 6.07) is 8.64. The lowest BCUT2D eigenvalue weighted by Gasteiger charge is -2.14. The molecular formula is C14H21N3O2. The van der Waals surface area contributed by atoms with Gasteiger partial charge in [0.1, 0.15) is 6.04 Å². The van der Waals surface area contributed by atoms with Gasteiger partial charge in [-0.3, -0.25) is 9.59 Å². The lowest BCUT2D eigenvalue weighted by Crippen LogP contribution is -2.41. The van der Waals surface area contributed by atoms with Crippen molar-refractivity contribution in [1.29, 1.82) is 0 Å². The number of amides is 2. The first kappa shape index (κ1) is 15.2. The minimum Gasteiger partial charge on any atom is -0.345 e. The van der Waals surface area contributed by atoms with Crippen LogP contribution in [0.1, 0.15) is 19.8 Å². The quantitative estimate of drug-likeness (QED) is 0.646. The molecule has 0 aliphatic heterocycles. The molecule has 0 aliphatic carbocycles. The molecule has 2 amide bonds. The van der Waals surface area contributed by atoms with Gasteiger partial charge in [-0.25, -0.2) is 0 Å². The lowest BCUT2D eigenvalue weighted by molar-refractivity contribution is -0.126. The molecule has 1 atom stereocenters. The molecule has 0 aliphatic rings. The van der Waals surface area contributed by atoms with Gasteiger partial charge in [0.15, 0.2) is 0 Å². The van der Waals surface area contributed by atoms with Crippen LogP contribution in [0.25, 0.3) is 0 Å². The number of para-hydroxylation sites is 1. The normalized spacial score (nSPS) is 11.7. The molecule has 1 aromatic rings. The van der Waals surface area contributed by atoms with Crippen molar-refractivity contribution in [3.05, 3.63) is 30.3 Å². The maximum Gasteiger partial charge on any atom is 0.246 e. The van der Waals surface area contributed by atoms with E-state index in [1.54, 1.807) is 19.1 Å². The molecule has 0 aromatic heterocycles. The van der Waals surface area contributed by atoms with Crippen LogP contribution in [0.3, 0.4) is 0 Å². The average Bonchev–Trinajstić information content (AvgIpc) is 2.40. The Morgan fingerprint density at radius 3 is 2.53 bits per heavy atom. The van der Waals surface area contributed by atoms with Crippen LogP contribution in [-0.2, 0) is 9.59 Å². The Balaban J connectivity index is 2.34. The van der Waals surface area contributed by atoms with Crippen molar-refractivity contribution in [1.82, 2.24) is 10.6 Å². The highest BCUT2D eigenvalue weighted by atomic mass is 16.2. The first-order valence-corrected chi connectivity index (χ1v) is 6.43. The Kier molecular flexibility index (Phi) is 6.60. The smallest absolute Gasteiger partial charge is 0.246 e. The molecule has 1 rings (SSSR count). The monoisotopic (exact) mass is 263 g/mol. The lowest BCUT2D eigenvalue weighted by atomic mass is 10.2. The van der Waals surface area contributed by atoms with Crippen molar-refractivity contribution in [3.8, 4) is 0 Å². The van der Waals surface area contributed by atoms with E-state index in [-0.39, 0.29) is 11.8 Å². The average molecular weight is 263 g/mol. The van der Waals surface area contributed by atoms with Gasteiger partial charge in [0.25, 0.3) is 0 Å². The number of benzene rings is 1. The molecule has 19 heavy (non-hydrogen) atoms. The maximum atomic E-state index is 11.8. The van der Waals surface area contributed by atoms with E-state index in [4.69, 9.17) is 0 Å².